The summed E-state index contributed by atoms with van der Waals surface area (Å²) in [7, 11) is 0. The molecule has 1 aliphatic rings. The van der Waals surface area contributed by atoms with Gasteiger partial charge in [0.15, 0.2) is 5.69 Å². The molecule has 0 unspecified atom stereocenters. The third-order valence-corrected chi connectivity index (χ3v) is 6.33. The average Bonchev–Trinajstić information content (AvgIpc) is 3.10. The molecule has 0 aliphatic heterocycles. The van der Waals surface area contributed by atoms with Crippen molar-refractivity contribution < 1.29 is 60.3 Å². The van der Waals surface area contributed by atoms with Gasteiger partial charge in [-0.2, -0.15) is 5.10 Å². The Balaban J connectivity index is 0.00000324. The zero-order valence-electron chi connectivity index (χ0n) is 21.7. The van der Waals surface area contributed by atoms with Crippen LogP contribution in [-0.2, 0) is 11.2 Å². The zero-order chi connectivity index (χ0) is 24.8. The van der Waals surface area contributed by atoms with E-state index in [0.717, 1.165) is 24.1 Å². The fourth-order valence-electron chi connectivity index (χ4n) is 4.31. The van der Waals surface area contributed by atoms with Gasteiger partial charge in [0.2, 0.25) is 0 Å². The van der Waals surface area contributed by atoms with Crippen LogP contribution in [0, 0.1) is 11.7 Å². The molecule has 188 valence electrons. The quantitative estimate of drug-likeness (QED) is 0.312. The van der Waals surface area contributed by atoms with Crippen LogP contribution in [-0.4, -0.2) is 55.7 Å². The normalized spacial score (nSPS) is 15.3. The Morgan fingerprint density at radius 3 is 2.40 bits per heavy atom. The summed E-state index contributed by atoms with van der Waals surface area (Å²) in [5, 5.41) is 36.7. The van der Waals surface area contributed by atoms with E-state index >= 15 is 0 Å². The molecule has 2 aromatic rings. The first-order valence-electron chi connectivity index (χ1n) is 11.9. The minimum Gasteiger partial charge on any atom is -1.00 e. The van der Waals surface area contributed by atoms with Crippen molar-refractivity contribution in [1.82, 2.24) is 15.1 Å². The standard InChI is InChI=1S/C25H34FN3O5.Na.H/c1-15(2)23-21(11-10-19(30)12-20(31)13-22(32)33)29(18-8-6-17(26)7-9-18)28-24(23)25(34)27-14-16-4-3-5-16;;/h6-9,15-16,19-20,30-31H,3-5,10-14H2,1-2H3,(H,27,34)(H,32,33);;/q;+1;-1/t19-,20-;;/m1../s1. The summed E-state index contributed by atoms with van der Waals surface area (Å²) in [6.45, 7) is 4.53. The predicted molar refractivity (Wildman–Crippen MR) is 126 cm³/mol. The number of carboxylic acids is 1. The van der Waals surface area contributed by atoms with Gasteiger partial charge >= 0.3 is 35.5 Å². The SMILES string of the molecule is CC(C)c1c(C(=O)NCC2CCC2)nn(-c2ccc(F)cc2)c1CC[C@@H](O)C[C@@H](O)CC(=O)O.[H-].[Na+]. The molecule has 1 amide bonds. The smallest absolute Gasteiger partial charge is 1.00 e. The Hall–Kier alpha value is -1.78. The first-order valence-corrected chi connectivity index (χ1v) is 11.9. The number of nitrogens with one attached hydrogen (secondary N) is 1. The molecule has 4 N–H and O–H groups in total. The molecule has 0 bridgehead atoms. The number of rotatable bonds is 12. The third kappa shape index (κ3) is 8.11. The second-order valence-electron chi connectivity index (χ2n) is 9.44. The minimum atomic E-state index is -1.15. The zero-order valence-corrected chi connectivity index (χ0v) is 22.7. The van der Waals surface area contributed by atoms with Gasteiger partial charge in [0.1, 0.15) is 5.82 Å². The molecular formula is C25H35FN3NaO5. The van der Waals surface area contributed by atoms with E-state index < -0.39 is 24.6 Å². The fraction of sp³-hybridized carbons (Fsp3) is 0.560. The molecule has 10 heteroatoms. The number of halogens is 1. The molecule has 1 heterocycles. The summed E-state index contributed by atoms with van der Waals surface area (Å²) < 4.78 is 15.2. The fourth-order valence-corrected chi connectivity index (χ4v) is 4.31. The molecule has 35 heavy (non-hydrogen) atoms. The van der Waals surface area contributed by atoms with Gasteiger partial charge in [-0.3, -0.25) is 9.59 Å². The van der Waals surface area contributed by atoms with E-state index in [1.165, 1.54) is 18.6 Å². The number of hydrogen-bond acceptors (Lipinski definition) is 5. The summed E-state index contributed by atoms with van der Waals surface area (Å²) in [5.74, 6) is -1.31. The van der Waals surface area contributed by atoms with Crippen molar-refractivity contribution >= 4 is 11.9 Å². The van der Waals surface area contributed by atoms with Crippen LogP contribution >= 0.6 is 0 Å². The molecule has 0 saturated heterocycles. The molecule has 0 radical (unpaired) electrons. The monoisotopic (exact) mass is 499 g/mol. The first kappa shape index (κ1) is 29.5. The van der Waals surface area contributed by atoms with Crippen molar-refractivity contribution in [3.05, 3.63) is 47.0 Å². The predicted octanol–water partition coefficient (Wildman–Crippen LogP) is 0.300. The Morgan fingerprint density at radius 1 is 1.20 bits per heavy atom. The summed E-state index contributed by atoms with van der Waals surface area (Å²) in [5.41, 5.74) is 2.39. The van der Waals surface area contributed by atoms with Crippen LogP contribution in [0.1, 0.15) is 81.5 Å². The van der Waals surface area contributed by atoms with Crippen molar-refractivity contribution in [2.45, 2.75) is 76.9 Å². The number of carbonyl (C=O) groups is 2. The number of aliphatic carboxylic acids is 1. The van der Waals surface area contributed by atoms with E-state index in [2.05, 4.69) is 10.4 Å². The Morgan fingerprint density at radius 2 is 1.86 bits per heavy atom. The average molecular weight is 500 g/mol. The van der Waals surface area contributed by atoms with Gasteiger partial charge < -0.3 is 22.1 Å². The van der Waals surface area contributed by atoms with Gasteiger partial charge in [0, 0.05) is 17.8 Å². The maximum absolute atomic E-state index is 13.5. The summed E-state index contributed by atoms with van der Waals surface area (Å²) in [6.07, 6.45) is 1.41. The van der Waals surface area contributed by atoms with Crippen LogP contribution in [0.3, 0.4) is 0 Å². The van der Waals surface area contributed by atoms with Gasteiger partial charge in [-0.25, -0.2) is 9.07 Å². The number of amides is 1. The third-order valence-electron chi connectivity index (χ3n) is 6.33. The Kier molecular flexibility index (Phi) is 11.4. The van der Waals surface area contributed by atoms with Crippen LogP contribution in [0.4, 0.5) is 4.39 Å². The number of aliphatic hydroxyl groups excluding tert-OH is 2. The summed E-state index contributed by atoms with van der Waals surface area (Å²) in [6, 6.07) is 5.81. The molecule has 1 aromatic carbocycles. The molecular weight excluding hydrogens is 464 g/mol. The van der Waals surface area contributed by atoms with Crippen molar-refractivity contribution in [1.29, 1.82) is 0 Å². The minimum absolute atomic E-state index is 0. The number of aliphatic hydroxyl groups is 2. The van der Waals surface area contributed by atoms with Crippen LogP contribution in [0.15, 0.2) is 24.3 Å². The molecule has 2 atom stereocenters. The molecule has 1 aliphatic carbocycles. The van der Waals surface area contributed by atoms with Crippen molar-refractivity contribution in [2.75, 3.05) is 6.54 Å². The number of aromatic nitrogens is 2. The number of benzene rings is 1. The van der Waals surface area contributed by atoms with Gasteiger partial charge in [-0.1, -0.05) is 20.3 Å². The van der Waals surface area contributed by atoms with Crippen LogP contribution in [0.25, 0.3) is 5.69 Å². The maximum Gasteiger partial charge on any atom is 1.00 e. The summed E-state index contributed by atoms with van der Waals surface area (Å²) >= 11 is 0. The second kappa shape index (κ2) is 13.5. The van der Waals surface area contributed by atoms with E-state index in [-0.39, 0.29) is 61.5 Å². The van der Waals surface area contributed by atoms with Crippen LogP contribution in [0.2, 0.25) is 0 Å². The van der Waals surface area contributed by atoms with E-state index in [0.29, 0.717) is 30.3 Å². The molecule has 1 aromatic heterocycles. The molecule has 3 rings (SSSR count). The number of carboxylic acid groups (broad SMARTS) is 1. The van der Waals surface area contributed by atoms with Gasteiger partial charge in [0.25, 0.3) is 5.91 Å². The molecule has 1 fully saturated rings. The first-order chi connectivity index (χ1) is 16.2. The Labute approximate surface area is 228 Å². The number of carbonyl (C=O) groups excluding carboxylic acids is 1. The van der Waals surface area contributed by atoms with Gasteiger partial charge in [0.05, 0.1) is 24.3 Å². The largest absolute Gasteiger partial charge is 1.00 e. The van der Waals surface area contributed by atoms with Gasteiger partial charge in [-0.15, -0.1) is 0 Å². The molecule has 1 saturated carbocycles. The second-order valence-corrected chi connectivity index (χ2v) is 9.44. The maximum atomic E-state index is 13.5. The van der Waals surface area contributed by atoms with Crippen molar-refractivity contribution in [2.24, 2.45) is 5.92 Å². The number of hydrogen-bond donors (Lipinski definition) is 4. The van der Waals surface area contributed by atoms with E-state index in [4.69, 9.17) is 5.11 Å². The van der Waals surface area contributed by atoms with Crippen LogP contribution < -0.4 is 34.9 Å². The van der Waals surface area contributed by atoms with Crippen molar-refractivity contribution in [3.8, 4) is 5.69 Å². The molecule has 8 nitrogen and oxygen atoms in total. The van der Waals surface area contributed by atoms with E-state index in [9.17, 15) is 24.2 Å². The number of nitrogens with zero attached hydrogens (tertiary/aromatic N) is 2. The van der Waals surface area contributed by atoms with Gasteiger partial charge in [-0.05, 0) is 68.2 Å². The van der Waals surface area contributed by atoms with Crippen molar-refractivity contribution in [3.63, 3.8) is 0 Å². The van der Waals surface area contributed by atoms with Crippen LogP contribution in [0.5, 0.6) is 0 Å². The molecule has 0 spiro atoms. The topological polar surface area (TPSA) is 125 Å². The summed E-state index contributed by atoms with van der Waals surface area (Å²) in [4.78, 5) is 23.8. The van der Waals surface area contributed by atoms with E-state index in [1.807, 2.05) is 13.8 Å². The van der Waals surface area contributed by atoms with E-state index in [1.54, 1.807) is 16.8 Å². The Bertz CT molecular complexity index is 998.